The molecule has 0 spiro atoms. The summed E-state index contributed by atoms with van der Waals surface area (Å²) in [4.78, 5) is 11.9. The van der Waals surface area contributed by atoms with Gasteiger partial charge in [-0.25, -0.2) is 0 Å². The zero-order chi connectivity index (χ0) is 14.1. The first-order valence-electron chi connectivity index (χ1n) is 6.52. The van der Waals surface area contributed by atoms with Crippen molar-refractivity contribution in [3.63, 3.8) is 0 Å². The third kappa shape index (κ3) is 4.79. The van der Waals surface area contributed by atoms with Crippen molar-refractivity contribution >= 4 is 5.91 Å². The van der Waals surface area contributed by atoms with E-state index >= 15 is 0 Å². The van der Waals surface area contributed by atoms with Crippen molar-refractivity contribution in [3.8, 4) is 11.5 Å². The summed E-state index contributed by atoms with van der Waals surface area (Å²) in [6.07, 6.45) is 1.79. The second kappa shape index (κ2) is 8.37. The van der Waals surface area contributed by atoms with Crippen LogP contribution in [-0.4, -0.2) is 32.7 Å². The van der Waals surface area contributed by atoms with Gasteiger partial charge in [0, 0.05) is 12.1 Å². The molecule has 5 heteroatoms. The maximum atomic E-state index is 11.9. The summed E-state index contributed by atoms with van der Waals surface area (Å²) in [5.74, 6) is 1.10. The minimum absolute atomic E-state index is 0.113. The highest BCUT2D eigenvalue weighted by molar-refractivity contribution is 5.94. The number of rotatable bonds is 8. The minimum atomic E-state index is -0.113. The van der Waals surface area contributed by atoms with Crippen LogP contribution in [0.25, 0.3) is 0 Å². The van der Waals surface area contributed by atoms with E-state index in [1.165, 1.54) is 0 Å². The summed E-state index contributed by atoms with van der Waals surface area (Å²) < 4.78 is 10.6. The van der Waals surface area contributed by atoms with Gasteiger partial charge >= 0.3 is 0 Å². The van der Waals surface area contributed by atoms with E-state index in [4.69, 9.17) is 15.2 Å². The van der Waals surface area contributed by atoms with Gasteiger partial charge in [0.1, 0.15) is 0 Å². The molecule has 0 aromatic heterocycles. The highest BCUT2D eigenvalue weighted by Gasteiger charge is 2.10. The first kappa shape index (κ1) is 15.3. The molecule has 0 saturated heterocycles. The highest BCUT2D eigenvalue weighted by Crippen LogP contribution is 2.27. The molecule has 0 heterocycles. The third-order valence-electron chi connectivity index (χ3n) is 2.64. The number of methoxy groups -OCH3 is 1. The molecule has 0 aliphatic carbocycles. The summed E-state index contributed by atoms with van der Waals surface area (Å²) >= 11 is 0. The second-order valence-electron chi connectivity index (χ2n) is 4.05. The molecule has 1 rings (SSSR count). The van der Waals surface area contributed by atoms with Crippen molar-refractivity contribution in [3.05, 3.63) is 23.8 Å². The Bertz CT molecular complexity index is 408. The highest BCUT2D eigenvalue weighted by atomic mass is 16.5. The molecule has 0 fully saturated rings. The van der Waals surface area contributed by atoms with Gasteiger partial charge in [-0.1, -0.05) is 0 Å². The van der Waals surface area contributed by atoms with Crippen LogP contribution in [0.3, 0.4) is 0 Å². The molecule has 0 bridgehead atoms. The summed E-state index contributed by atoms with van der Waals surface area (Å²) in [6, 6.07) is 5.16. The van der Waals surface area contributed by atoms with Crippen LogP contribution in [0.1, 0.15) is 30.1 Å². The molecular formula is C14H22N2O3. The number of nitrogens with one attached hydrogen (secondary N) is 1. The van der Waals surface area contributed by atoms with Gasteiger partial charge in [-0.05, 0) is 44.5 Å². The van der Waals surface area contributed by atoms with Crippen molar-refractivity contribution in [2.75, 3.05) is 26.8 Å². The Balaban J connectivity index is 2.64. The Morgan fingerprint density at radius 2 is 2.11 bits per heavy atom. The smallest absolute Gasteiger partial charge is 0.251 e. The van der Waals surface area contributed by atoms with E-state index < -0.39 is 0 Å². The molecule has 0 aliphatic heterocycles. The molecule has 5 nitrogen and oxygen atoms in total. The average Bonchev–Trinajstić information content (AvgIpc) is 2.44. The quantitative estimate of drug-likeness (QED) is 0.700. The molecular weight excluding hydrogens is 244 g/mol. The van der Waals surface area contributed by atoms with Crippen LogP contribution in [0.15, 0.2) is 18.2 Å². The lowest BCUT2D eigenvalue weighted by atomic mass is 10.2. The number of nitrogens with two attached hydrogens (primary N) is 1. The number of carbonyl (C=O) groups is 1. The Labute approximate surface area is 114 Å². The standard InChI is InChI=1S/C14H22N2O3/c1-3-19-12-7-6-11(10-13(12)18-2)14(17)16-9-5-4-8-15/h6-7,10H,3-5,8-9,15H2,1-2H3,(H,16,17). The molecule has 1 aromatic rings. The van der Waals surface area contributed by atoms with Crippen molar-refractivity contribution in [1.29, 1.82) is 0 Å². The Kier molecular flexibility index (Phi) is 6.74. The lowest BCUT2D eigenvalue weighted by Gasteiger charge is -2.11. The predicted octanol–water partition coefficient (Wildman–Crippen LogP) is 1.56. The van der Waals surface area contributed by atoms with Crippen LogP contribution in [0.4, 0.5) is 0 Å². The maximum absolute atomic E-state index is 11.9. The van der Waals surface area contributed by atoms with E-state index in [-0.39, 0.29) is 5.91 Å². The monoisotopic (exact) mass is 266 g/mol. The topological polar surface area (TPSA) is 73.6 Å². The SMILES string of the molecule is CCOc1ccc(C(=O)NCCCCN)cc1OC. The Morgan fingerprint density at radius 1 is 1.32 bits per heavy atom. The molecule has 3 N–H and O–H groups in total. The molecule has 0 atom stereocenters. The summed E-state index contributed by atoms with van der Waals surface area (Å²) in [5.41, 5.74) is 5.96. The minimum Gasteiger partial charge on any atom is -0.493 e. The van der Waals surface area contributed by atoms with Gasteiger partial charge in [0.15, 0.2) is 11.5 Å². The van der Waals surface area contributed by atoms with Gasteiger partial charge in [0.25, 0.3) is 5.91 Å². The van der Waals surface area contributed by atoms with Crippen LogP contribution in [0.5, 0.6) is 11.5 Å². The van der Waals surface area contributed by atoms with E-state index in [0.29, 0.717) is 36.8 Å². The Morgan fingerprint density at radius 3 is 2.74 bits per heavy atom. The lowest BCUT2D eigenvalue weighted by Crippen LogP contribution is -2.24. The fourth-order valence-electron chi connectivity index (χ4n) is 1.66. The zero-order valence-corrected chi connectivity index (χ0v) is 11.6. The molecule has 1 aromatic carbocycles. The fourth-order valence-corrected chi connectivity index (χ4v) is 1.66. The summed E-state index contributed by atoms with van der Waals surface area (Å²) in [6.45, 7) is 3.73. The van der Waals surface area contributed by atoms with Crippen molar-refractivity contribution in [2.24, 2.45) is 5.73 Å². The number of benzene rings is 1. The molecule has 1 amide bonds. The number of hydrogen-bond acceptors (Lipinski definition) is 4. The van der Waals surface area contributed by atoms with E-state index in [9.17, 15) is 4.79 Å². The van der Waals surface area contributed by atoms with E-state index in [1.54, 1.807) is 25.3 Å². The molecule has 0 saturated carbocycles. The number of hydrogen-bond donors (Lipinski definition) is 2. The fraction of sp³-hybridized carbons (Fsp3) is 0.500. The van der Waals surface area contributed by atoms with Crippen LogP contribution in [0.2, 0.25) is 0 Å². The Hall–Kier alpha value is -1.75. The van der Waals surface area contributed by atoms with Crippen LogP contribution < -0.4 is 20.5 Å². The number of amides is 1. The number of unbranched alkanes of at least 4 members (excludes halogenated alkanes) is 1. The lowest BCUT2D eigenvalue weighted by molar-refractivity contribution is 0.0952. The predicted molar refractivity (Wildman–Crippen MR) is 74.8 cm³/mol. The van der Waals surface area contributed by atoms with Gasteiger partial charge in [0.2, 0.25) is 0 Å². The molecule has 106 valence electrons. The third-order valence-corrected chi connectivity index (χ3v) is 2.64. The summed E-state index contributed by atoms with van der Waals surface area (Å²) in [7, 11) is 1.56. The zero-order valence-electron chi connectivity index (χ0n) is 11.6. The van der Waals surface area contributed by atoms with Crippen LogP contribution in [0, 0.1) is 0 Å². The van der Waals surface area contributed by atoms with Gasteiger partial charge < -0.3 is 20.5 Å². The van der Waals surface area contributed by atoms with Crippen LogP contribution >= 0.6 is 0 Å². The number of carbonyl (C=O) groups excluding carboxylic acids is 1. The molecule has 0 unspecified atom stereocenters. The van der Waals surface area contributed by atoms with E-state index in [1.807, 2.05) is 6.92 Å². The second-order valence-corrected chi connectivity index (χ2v) is 4.05. The van der Waals surface area contributed by atoms with Gasteiger partial charge in [0.05, 0.1) is 13.7 Å². The average molecular weight is 266 g/mol. The molecule has 0 aliphatic rings. The van der Waals surface area contributed by atoms with Crippen molar-refractivity contribution < 1.29 is 14.3 Å². The van der Waals surface area contributed by atoms with Crippen molar-refractivity contribution in [2.45, 2.75) is 19.8 Å². The summed E-state index contributed by atoms with van der Waals surface area (Å²) in [5, 5.41) is 2.85. The van der Waals surface area contributed by atoms with Crippen molar-refractivity contribution in [1.82, 2.24) is 5.32 Å². The van der Waals surface area contributed by atoms with Gasteiger partial charge in [-0.3, -0.25) is 4.79 Å². The van der Waals surface area contributed by atoms with Gasteiger partial charge in [-0.2, -0.15) is 0 Å². The van der Waals surface area contributed by atoms with E-state index in [2.05, 4.69) is 5.32 Å². The first-order chi connectivity index (χ1) is 9.22. The normalized spacial score (nSPS) is 10.1. The molecule has 0 radical (unpaired) electrons. The maximum Gasteiger partial charge on any atom is 0.251 e. The molecule has 19 heavy (non-hydrogen) atoms. The first-order valence-corrected chi connectivity index (χ1v) is 6.52. The van der Waals surface area contributed by atoms with E-state index in [0.717, 1.165) is 12.8 Å². The van der Waals surface area contributed by atoms with Crippen LogP contribution in [-0.2, 0) is 0 Å². The number of ether oxygens (including phenoxy) is 2. The largest absolute Gasteiger partial charge is 0.493 e. The van der Waals surface area contributed by atoms with Gasteiger partial charge in [-0.15, -0.1) is 0 Å².